The van der Waals surface area contributed by atoms with Crippen LogP contribution < -0.4 is 0 Å². The van der Waals surface area contributed by atoms with Crippen LogP contribution in [-0.4, -0.2) is 42.8 Å². The van der Waals surface area contributed by atoms with Gasteiger partial charge in [0.1, 0.15) is 20.0 Å². The van der Waals surface area contributed by atoms with Crippen LogP contribution in [0.3, 0.4) is 0 Å². The summed E-state index contributed by atoms with van der Waals surface area (Å²) in [5.74, 6) is 0. The van der Waals surface area contributed by atoms with Gasteiger partial charge in [0.2, 0.25) is 0 Å². The fourth-order valence-electron chi connectivity index (χ4n) is 3.04. The van der Waals surface area contributed by atoms with E-state index in [0.29, 0.717) is 0 Å². The lowest BCUT2D eigenvalue weighted by atomic mass is 10.3. The lowest BCUT2D eigenvalue weighted by molar-refractivity contribution is 0.207. The standard InChI is InChI=1S/C19H22N6S4/c1(6-24(12-16-20-2-8-26-16)13-17-21-3-9-27-17)7-25(14-18-22-4-10-28-18)15-19-23-5-11-29-19/h2-5,8-11H,1,6-7,12-15H2. The van der Waals surface area contributed by atoms with Gasteiger partial charge < -0.3 is 0 Å². The van der Waals surface area contributed by atoms with Crippen LogP contribution >= 0.6 is 45.3 Å². The van der Waals surface area contributed by atoms with Gasteiger partial charge in [-0.15, -0.1) is 45.3 Å². The highest BCUT2D eigenvalue weighted by Crippen LogP contribution is 2.16. The molecule has 29 heavy (non-hydrogen) atoms. The molecular weight excluding hydrogens is 441 g/mol. The summed E-state index contributed by atoms with van der Waals surface area (Å²) in [5.41, 5.74) is 0. The van der Waals surface area contributed by atoms with Gasteiger partial charge in [0.05, 0.1) is 26.2 Å². The van der Waals surface area contributed by atoms with Crippen LogP contribution in [-0.2, 0) is 26.2 Å². The molecule has 4 heterocycles. The predicted octanol–water partition coefficient (Wildman–Crippen LogP) is 4.61. The fourth-order valence-corrected chi connectivity index (χ4v) is 5.67. The van der Waals surface area contributed by atoms with Crippen molar-refractivity contribution >= 4 is 45.3 Å². The summed E-state index contributed by atoms with van der Waals surface area (Å²) in [6.07, 6.45) is 8.60. The molecule has 0 N–H and O–H groups in total. The molecule has 0 aromatic carbocycles. The van der Waals surface area contributed by atoms with Crippen molar-refractivity contribution < 1.29 is 0 Å². The van der Waals surface area contributed by atoms with E-state index in [1.807, 2.05) is 46.3 Å². The van der Waals surface area contributed by atoms with E-state index in [-0.39, 0.29) is 0 Å². The summed E-state index contributed by atoms with van der Waals surface area (Å²) in [5, 5.41) is 12.8. The van der Waals surface area contributed by atoms with Crippen LogP contribution in [0.5, 0.6) is 0 Å². The fraction of sp³-hybridized carbons (Fsp3) is 0.368. The molecule has 0 aliphatic rings. The second-order valence-electron chi connectivity index (χ2n) is 6.48. The third-order valence-electron chi connectivity index (χ3n) is 4.32. The lowest BCUT2D eigenvalue weighted by Gasteiger charge is -2.24. The van der Waals surface area contributed by atoms with Gasteiger partial charge in [0, 0.05) is 59.4 Å². The van der Waals surface area contributed by atoms with Crippen molar-refractivity contribution in [2.24, 2.45) is 0 Å². The third kappa shape index (κ3) is 6.73. The van der Waals surface area contributed by atoms with Crippen molar-refractivity contribution in [2.75, 3.05) is 13.1 Å². The van der Waals surface area contributed by atoms with Crippen molar-refractivity contribution in [2.45, 2.75) is 32.6 Å². The van der Waals surface area contributed by atoms with Gasteiger partial charge in [-0.3, -0.25) is 9.80 Å². The zero-order valence-electron chi connectivity index (χ0n) is 15.9. The van der Waals surface area contributed by atoms with Crippen molar-refractivity contribution in [3.63, 3.8) is 0 Å². The molecule has 10 heteroatoms. The largest absolute Gasteiger partial charge is 0.290 e. The van der Waals surface area contributed by atoms with E-state index >= 15 is 0 Å². The SMILES string of the molecule is c1csc(CN(CCCN(Cc2nccs2)Cc2nccs2)Cc2nccs2)n1. The molecule has 0 fully saturated rings. The summed E-state index contributed by atoms with van der Waals surface area (Å²) < 4.78 is 0. The molecule has 4 aromatic heterocycles. The molecule has 6 nitrogen and oxygen atoms in total. The number of thiazole rings is 4. The molecule has 0 unspecified atom stereocenters. The molecule has 0 aliphatic carbocycles. The maximum absolute atomic E-state index is 4.46. The number of rotatable bonds is 12. The number of hydrogen-bond acceptors (Lipinski definition) is 10. The van der Waals surface area contributed by atoms with Crippen LogP contribution in [0, 0.1) is 0 Å². The minimum atomic E-state index is 0.871. The maximum Gasteiger partial charge on any atom is 0.107 e. The van der Waals surface area contributed by atoms with Gasteiger partial charge in [0.25, 0.3) is 0 Å². The van der Waals surface area contributed by atoms with E-state index in [1.54, 1.807) is 45.3 Å². The van der Waals surface area contributed by atoms with Crippen molar-refractivity contribution in [1.82, 2.24) is 29.7 Å². The molecule has 0 atom stereocenters. The van der Waals surface area contributed by atoms with Gasteiger partial charge in [-0.2, -0.15) is 0 Å². The first-order chi connectivity index (χ1) is 14.3. The van der Waals surface area contributed by atoms with E-state index < -0.39 is 0 Å². The minimum Gasteiger partial charge on any atom is -0.290 e. The average molecular weight is 463 g/mol. The summed E-state index contributed by atoms with van der Waals surface area (Å²) in [6.45, 7) is 5.50. The van der Waals surface area contributed by atoms with Crippen molar-refractivity contribution in [3.05, 3.63) is 66.3 Å². The Hall–Kier alpha value is -1.56. The Morgan fingerprint density at radius 2 is 0.828 bits per heavy atom. The zero-order valence-corrected chi connectivity index (χ0v) is 19.2. The molecule has 4 rings (SSSR count). The van der Waals surface area contributed by atoms with Crippen LogP contribution in [0.1, 0.15) is 26.5 Å². The number of hydrogen-bond donors (Lipinski definition) is 0. The Morgan fingerprint density at radius 1 is 0.517 bits per heavy atom. The average Bonchev–Trinajstić information content (AvgIpc) is 3.51. The highest BCUT2D eigenvalue weighted by Gasteiger charge is 2.14. The van der Waals surface area contributed by atoms with Crippen LogP contribution in [0.15, 0.2) is 46.3 Å². The molecule has 4 aromatic rings. The van der Waals surface area contributed by atoms with E-state index in [2.05, 4.69) is 29.7 Å². The first-order valence-corrected chi connectivity index (χ1v) is 12.9. The summed E-state index contributed by atoms with van der Waals surface area (Å²) in [7, 11) is 0. The normalized spacial score (nSPS) is 11.7. The van der Waals surface area contributed by atoms with Crippen molar-refractivity contribution in [3.8, 4) is 0 Å². The van der Waals surface area contributed by atoms with Gasteiger partial charge in [-0.05, 0) is 6.42 Å². The first kappa shape index (κ1) is 20.7. The Bertz CT molecular complexity index is 757. The van der Waals surface area contributed by atoms with Gasteiger partial charge in [0.15, 0.2) is 0 Å². The summed E-state index contributed by atoms with van der Waals surface area (Å²) in [6, 6.07) is 0. The third-order valence-corrected chi connectivity index (χ3v) is 7.38. The Balaban J connectivity index is 1.34. The molecular formula is C19H22N6S4. The van der Waals surface area contributed by atoms with E-state index in [9.17, 15) is 0 Å². The first-order valence-electron chi connectivity index (χ1n) is 9.33. The number of nitrogens with zero attached hydrogens (tertiary/aromatic N) is 6. The lowest BCUT2D eigenvalue weighted by Crippen LogP contribution is -2.29. The van der Waals surface area contributed by atoms with Gasteiger partial charge in [-0.1, -0.05) is 0 Å². The van der Waals surface area contributed by atoms with Gasteiger partial charge >= 0.3 is 0 Å². The molecule has 0 amide bonds. The molecule has 0 radical (unpaired) electrons. The Morgan fingerprint density at radius 3 is 1.07 bits per heavy atom. The van der Waals surface area contributed by atoms with Crippen LogP contribution in [0.2, 0.25) is 0 Å². The molecule has 0 bridgehead atoms. The van der Waals surface area contributed by atoms with E-state index in [4.69, 9.17) is 0 Å². The van der Waals surface area contributed by atoms with Crippen molar-refractivity contribution in [1.29, 1.82) is 0 Å². The zero-order chi connectivity index (χ0) is 19.7. The smallest absolute Gasteiger partial charge is 0.107 e. The van der Waals surface area contributed by atoms with E-state index in [0.717, 1.165) is 65.7 Å². The van der Waals surface area contributed by atoms with Gasteiger partial charge in [-0.25, -0.2) is 19.9 Å². The minimum absolute atomic E-state index is 0.871. The predicted molar refractivity (Wildman–Crippen MR) is 121 cm³/mol. The monoisotopic (exact) mass is 462 g/mol. The highest BCUT2D eigenvalue weighted by atomic mass is 32.1. The molecule has 0 saturated carbocycles. The second-order valence-corrected chi connectivity index (χ2v) is 10.4. The molecule has 152 valence electrons. The van der Waals surface area contributed by atoms with Crippen LogP contribution in [0.25, 0.3) is 0 Å². The second kappa shape index (κ2) is 11.0. The highest BCUT2D eigenvalue weighted by molar-refractivity contribution is 7.10. The molecule has 0 aliphatic heterocycles. The summed E-state index contributed by atoms with van der Waals surface area (Å²) in [4.78, 5) is 22.8. The molecule has 0 spiro atoms. The summed E-state index contributed by atoms with van der Waals surface area (Å²) >= 11 is 6.86. The topological polar surface area (TPSA) is 58.0 Å². The van der Waals surface area contributed by atoms with E-state index in [1.165, 1.54) is 0 Å². The Labute approximate surface area is 186 Å². The molecule has 0 saturated heterocycles. The quantitative estimate of drug-likeness (QED) is 0.306. The number of aromatic nitrogens is 4. The maximum atomic E-state index is 4.46. The Kier molecular flexibility index (Phi) is 7.85. The van der Waals surface area contributed by atoms with Crippen LogP contribution in [0.4, 0.5) is 0 Å².